The highest BCUT2D eigenvalue weighted by Crippen LogP contribution is 2.53. The van der Waals surface area contributed by atoms with Gasteiger partial charge in [-0.2, -0.15) is 0 Å². The maximum Gasteiger partial charge on any atom is 0.305 e. The van der Waals surface area contributed by atoms with E-state index in [-0.39, 0.29) is 29.2 Å². The number of benzene rings is 2. The Balaban J connectivity index is 1.32. The van der Waals surface area contributed by atoms with E-state index < -0.39 is 17.1 Å². The van der Waals surface area contributed by atoms with E-state index in [0.29, 0.717) is 42.8 Å². The van der Waals surface area contributed by atoms with E-state index in [9.17, 15) is 19.2 Å². The number of halogens is 1. The number of hydrogen-bond acceptors (Lipinski definition) is 8. The number of anilines is 1. The van der Waals surface area contributed by atoms with Gasteiger partial charge in [-0.05, 0) is 42.0 Å². The van der Waals surface area contributed by atoms with Crippen molar-refractivity contribution in [1.29, 1.82) is 0 Å². The number of nitrogens with zero attached hydrogens (tertiary/aromatic N) is 2. The molecule has 3 aliphatic rings. The van der Waals surface area contributed by atoms with E-state index in [2.05, 4.69) is 20.9 Å². The average Bonchev–Trinajstić information content (AvgIpc) is 3.42. The molecule has 0 spiro atoms. The zero-order valence-electron chi connectivity index (χ0n) is 19.9. The van der Waals surface area contributed by atoms with E-state index in [1.807, 2.05) is 6.07 Å². The number of aromatic nitrogens is 1. The molecular formula is C26H22BrN3O6S2. The van der Waals surface area contributed by atoms with Gasteiger partial charge in [0.05, 0.1) is 29.8 Å². The molecule has 0 radical (unpaired) electrons. The summed E-state index contributed by atoms with van der Waals surface area (Å²) in [4.78, 5) is 58.5. The second kappa shape index (κ2) is 10.3. The quantitative estimate of drug-likeness (QED) is 0.439. The minimum absolute atomic E-state index is 0.118. The fraction of sp³-hybridized carbons (Fsp3) is 0.308. The Bertz CT molecular complexity index is 1470. The number of thioether (sulfide) groups is 1. The maximum absolute atomic E-state index is 13.8. The van der Waals surface area contributed by atoms with Gasteiger partial charge in [0.1, 0.15) is 11.0 Å². The topological polar surface area (TPSA) is 109 Å². The molecule has 9 nitrogen and oxygen atoms in total. The number of nitrogens with one attached hydrogen (secondary N) is 1. The molecule has 2 fully saturated rings. The molecule has 3 aromatic rings. The maximum atomic E-state index is 13.8. The predicted octanol–water partition coefficient (Wildman–Crippen LogP) is 3.23. The largest absolute Gasteiger partial charge is 0.484 e. The fourth-order valence-electron chi connectivity index (χ4n) is 5.07. The van der Waals surface area contributed by atoms with Crippen LogP contribution in [-0.4, -0.2) is 65.8 Å². The second-order valence-electron chi connectivity index (χ2n) is 9.09. The van der Waals surface area contributed by atoms with Crippen molar-refractivity contribution in [3.8, 4) is 5.75 Å². The number of carbonyl (C=O) groups excluding carboxylic acids is 3. The van der Waals surface area contributed by atoms with Crippen LogP contribution in [0.15, 0.2) is 62.8 Å². The first-order valence-electron chi connectivity index (χ1n) is 12.0. The van der Waals surface area contributed by atoms with Gasteiger partial charge in [-0.25, -0.2) is 4.90 Å². The van der Waals surface area contributed by atoms with Crippen molar-refractivity contribution >= 4 is 62.4 Å². The van der Waals surface area contributed by atoms with Crippen molar-refractivity contribution in [1.82, 2.24) is 9.88 Å². The number of thiazole rings is 1. The number of aromatic amines is 1. The van der Waals surface area contributed by atoms with Crippen LogP contribution >= 0.6 is 39.0 Å². The Morgan fingerprint density at radius 2 is 1.84 bits per heavy atom. The van der Waals surface area contributed by atoms with E-state index in [0.717, 1.165) is 26.3 Å². The molecule has 6 rings (SSSR count). The van der Waals surface area contributed by atoms with Crippen molar-refractivity contribution in [2.24, 2.45) is 5.92 Å². The normalized spacial score (nSPS) is 22.8. The van der Waals surface area contributed by atoms with Crippen molar-refractivity contribution in [2.75, 3.05) is 37.8 Å². The molecular weight excluding hydrogens is 594 g/mol. The molecule has 1 aromatic heterocycles. The number of hydrogen-bond donors (Lipinski definition) is 1. The van der Waals surface area contributed by atoms with Crippen molar-refractivity contribution < 1.29 is 23.9 Å². The molecule has 2 saturated heterocycles. The number of carbonyl (C=O) groups is 3. The van der Waals surface area contributed by atoms with Crippen LogP contribution in [0.25, 0.3) is 0 Å². The van der Waals surface area contributed by atoms with Crippen LogP contribution < -0.4 is 14.5 Å². The van der Waals surface area contributed by atoms with Crippen molar-refractivity contribution in [3.63, 3.8) is 0 Å². The van der Waals surface area contributed by atoms with Gasteiger partial charge in [-0.1, -0.05) is 51.2 Å². The van der Waals surface area contributed by atoms with Crippen LogP contribution in [0.3, 0.4) is 0 Å². The summed E-state index contributed by atoms with van der Waals surface area (Å²) in [6.45, 7) is 1.97. The molecule has 3 aliphatic heterocycles. The zero-order chi connectivity index (χ0) is 26.4. The lowest BCUT2D eigenvalue weighted by atomic mass is 9.83. The second-order valence-corrected chi connectivity index (χ2v) is 12.2. The summed E-state index contributed by atoms with van der Waals surface area (Å²) in [5.74, 6) is -1.47. The number of ether oxygens (including phenoxy) is 2. The Hall–Kier alpha value is -2.93. The standard InChI is InChI=1S/C26H22BrN3O6S2/c27-15-4-6-16(7-5-15)30-24(32)20-19(21-23(28-26(34)38-21)37-22(20)25(30)33)14-2-1-3-17(12-14)36-13-18(31)29-8-10-35-11-9-29/h1-7,12,19-20,22H,8-11,13H2,(H,28,34)/t19-,20?,22?/m1/s1. The Kier molecular flexibility index (Phi) is 6.89. The smallest absolute Gasteiger partial charge is 0.305 e. The molecule has 196 valence electrons. The van der Waals surface area contributed by atoms with Gasteiger partial charge in [0.25, 0.3) is 5.91 Å². The minimum atomic E-state index is -0.694. The summed E-state index contributed by atoms with van der Waals surface area (Å²) in [5.41, 5.74) is 1.25. The molecule has 0 saturated carbocycles. The Labute approximate surface area is 234 Å². The van der Waals surface area contributed by atoms with Gasteiger partial charge in [0.15, 0.2) is 6.61 Å². The van der Waals surface area contributed by atoms with Gasteiger partial charge in [-0.15, -0.1) is 0 Å². The van der Waals surface area contributed by atoms with Crippen molar-refractivity contribution in [3.05, 3.63) is 73.1 Å². The third-order valence-electron chi connectivity index (χ3n) is 6.85. The Morgan fingerprint density at radius 3 is 2.61 bits per heavy atom. The number of fused-ring (bicyclic) bond motifs is 2. The van der Waals surface area contributed by atoms with Crippen molar-refractivity contribution in [2.45, 2.75) is 16.2 Å². The van der Waals surface area contributed by atoms with E-state index >= 15 is 0 Å². The highest BCUT2D eigenvalue weighted by molar-refractivity contribution is 9.10. The summed E-state index contributed by atoms with van der Waals surface area (Å²) in [7, 11) is 0. The van der Waals surface area contributed by atoms with E-state index in [1.165, 1.54) is 16.7 Å². The molecule has 0 bridgehead atoms. The highest BCUT2D eigenvalue weighted by atomic mass is 79.9. The molecule has 2 unspecified atom stereocenters. The first-order valence-corrected chi connectivity index (χ1v) is 14.5. The fourth-order valence-corrected chi connectivity index (χ4v) is 7.85. The van der Waals surface area contributed by atoms with Gasteiger partial charge in [0.2, 0.25) is 11.8 Å². The number of imide groups is 1. The van der Waals surface area contributed by atoms with Crippen LogP contribution in [-0.2, 0) is 19.1 Å². The van der Waals surface area contributed by atoms with Crippen LogP contribution in [0.2, 0.25) is 0 Å². The molecule has 38 heavy (non-hydrogen) atoms. The zero-order valence-corrected chi connectivity index (χ0v) is 23.1. The molecule has 0 aliphatic carbocycles. The number of H-pyrrole nitrogens is 1. The predicted molar refractivity (Wildman–Crippen MR) is 146 cm³/mol. The van der Waals surface area contributed by atoms with Crippen LogP contribution in [0.4, 0.5) is 5.69 Å². The van der Waals surface area contributed by atoms with Gasteiger partial charge in [0, 0.05) is 28.4 Å². The lowest BCUT2D eigenvalue weighted by molar-refractivity contribution is -0.137. The summed E-state index contributed by atoms with van der Waals surface area (Å²) < 4.78 is 12.0. The van der Waals surface area contributed by atoms with Crippen LogP contribution in [0.1, 0.15) is 16.4 Å². The molecule has 4 heterocycles. The Morgan fingerprint density at radius 1 is 1.08 bits per heavy atom. The van der Waals surface area contributed by atoms with Gasteiger partial charge < -0.3 is 19.4 Å². The third-order valence-corrected chi connectivity index (χ3v) is 9.78. The average molecular weight is 617 g/mol. The van der Waals surface area contributed by atoms with E-state index in [4.69, 9.17) is 9.47 Å². The monoisotopic (exact) mass is 615 g/mol. The molecule has 12 heteroatoms. The molecule has 2 aromatic carbocycles. The number of morpholine rings is 1. The summed E-state index contributed by atoms with van der Waals surface area (Å²) in [6, 6.07) is 14.2. The van der Waals surface area contributed by atoms with Crippen LogP contribution in [0.5, 0.6) is 5.75 Å². The number of rotatable bonds is 5. The lowest BCUT2D eigenvalue weighted by Crippen LogP contribution is -2.42. The third kappa shape index (κ3) is 4.59. The summed E-state index contributed by atoms with van der Waals surface area (Å²) in [5, 5.41) is -0.0692. The molecule has 1 N–H and O–H groups in total. The van der Waals surface area contributed by atoms with E-state index in [1.54, 1.807) is 47.4 Å². The first kappa shape index (κ1) is 25.4. The minimum Gasteiger partial charge on any atom is -0.484 e. The molecule has 3 atom stereocenters. The van der Waals surface area contributed by atoms with Gasteiger partial charge >= 0.3 is 4.87 Å². The number of amides is 3. The van der Waals surface area contributed by atoms with Crippen LogP contribution in [0, 0.1) is 5.92 Å². The SMILES string of the molecule is O=C(COc1cccc([C@H]2c3sc(=O)[nH]c3SC3C(=O)N(c4ccc(Br)cc4)C(=O)C32)c1)N1CCOCC1. The molecule has 3 amide bonds. The highest BCUT2D eigenvalue weighted by Gasteiger charge is 2.56. The van der Waals surface area contributed by atoms with Gasteiger partial charge in [-0.3, -0.25) is 19.2 Å². The summed E-state index contributed by atoms with van der Waals surface area (Å²) >= 11 is 5.68. The first-order chi connectivity index (χ1) is 18.4. The lowest BCUT2D eigenvalue weighted by Gasteiger charge is -2.30. The summed E-state index contributed by atoms with van der Waals surface area (Å²) in [6.07, 6.45) is 0.